The van der Waals surface area contributed by atoms with E-state index in [0.717, 1.165) is 45.6 Å². The summed E-state index contributed by atoms with van der Waals surface area (Å²) in [7, 11) is 1.88. The molecule has 0 radical (unpaired) electrons. The summed E-state index contributed by atoms with van der Waals surface area (Å²) in [6, 6.07) is 6.81. The number of carbonyl (C=O) groups is 1. The Labute approximate surface area is 145 Å². The third-order valence-corrected chi connectivity index (χ3v) is 4.64. The molecule has 0 aromatic heterocycles. The predicted molar refractivity (Wildman–Crippen MR) is 95.6 cm³/mol. The Balaban J connectivity index is 1.74. The van der Waals surface area contributed by atoms with E-state index >= 15 is 0 Å². The molecule has 1 fully saturated rings. The summed E-state index contributed by atoms with van der Waals surface area (Å²) in [4.78, 5) is 16.2. The lowest BCUT2D eigenvalue weighted by Gasteiger charge is -2.34. The van der Waals surface area contributed by atoms with E-state index in [-0.39, 0.29) is 11.8 Å². The van der Waals surface area contributed by atoms with Gasteiger partial charge < -0.3 is 15.1 Å². The fourth-order valence-electron chi connectivity index (χ4n) is 3.28. The van der Waals surface area contributed by atoms with E-state index in [9.17, 15) is 9.18 Å². The van der Waals surface area contributed by atoms with Gasteiger partial charge >= 0.3 is 6.03 Å². The first kappa shape index (κ1) is 18.7. The molecule has 1 aliphatic rings. The van der Waals surface area contributed by atoms with Crippen LogP contribution in [0.1, 0.15) is 31.7 Å². The monoisotopic (exact) mass is 335 g/mol. The van der Waals surface area contributed by atoms with Crippen LogP contribution in [0.4, 0.5) is 9.18 Å². The summed E-state index contributed by atoms with van der Waals surface area (Å²) in [6.45, 7) is 6.74. The molecule has 2 amide bonds. The average molecular weight is 335 g/mol. The number of nitrogens with one attached hydrogen (secondary N) is 1. The lowest BCUT2D eigenvalue weighted by molar-refractivity contribution is 0.146. The molecule has 5 heteroatoms. The van der Waals surface area contributed by atoms with Crippen molar-refractivity contribution in [2.24, 2.45) is 5.92 Å². The van der Waals surface area contributed by atoms with E-state index < -0.39 is 0 Å². The molecule has 4 nitrogen and oxygen atoms in total. The molecule has 1 atom stereocenters. The van der Waals surface area contributed by atoms with Crippen LogP contribution in [-0.2, 0) is 6.42 Å². The summed E-state index contributed by atoms with van der Waals surface area (Å²) < 4.78 is 12.9. The quantitative estimate of drug-likeness (QED) is 0.831. The predicted octanol–water partition coefficient (Wildman–Crippen LogP) is 3.13. The van der Waals surface area contributed by atoms with Gasteiger partial charge in [-0.1, -0.05) is 19.1 Å². The average Bonchev–Trinajstić information content (AvgIpc) is 2.59. The summed E-state index contributed by atoms with van der Waals surface area (Å²) in [5.41, 5.74) is 1.18. The Morgan fingerprint density at radius 3 is 2.83 bits per heavy atom. The summed E-state index contributed by atoms with van der Waals surface area (Å²) in [5.74, 6) is 0.352. The van der Waals surface area contributed by atoms with Crippen LogP contribution >= 0.6 is 0 Å². The van der Waals surface area contributed by atoms with Crippen LogP contribution < -0.4 is 5.32 Å². The maximum atomic E-state index is 12.9. The third-order valence-electron chi connectivity index (χ3n) is 4.64. The first-order valence-corrected chi connectivity index (χ1v) is 9.04. The number of urea groups is 1. The summed E-state index contributed by atoms with van der Waals surface area (Å²) >= 11 is 0. The highest BCUT2D eigenvalue weighted by Gasteiger charge is 2.22. The standard InChI is InChI=1S/C19H30FN3O/c1-3-11-21-19(24)22(2)14-17-5-4-12-23(15-17)13-10-16-6-8-18(20)9-7-16/h6-9,17H,3-5,10-15H2,1-2H3,(H,21,24)/t17-/m0/s1. The molecular weight excluding hydrogens is 305 g/mol. The maximum absolute atomic E-state index is 12.9. The lowest BCUT2D eigenvalue weighted by atomic mass is 9.97. The van der Waals surface area contributed by atoms with Crippen LogP contribution in [0, 0.1) is 11.7 Å². The van der Waals surface area contributed by atoms with Crippen molar-refractivity contribution >= 4 is 6.03 Å². The van der Waals surface area contributed by atoms with Gasteiger partial charge in [0.25, 0.3) is 0 Å². The maximum Gasteiger partial charge on any atom is 0.317 e. The second-order valence-electron chi connectivity index (χ2n) is 6.80. The van der Waals surface area contributed by atoms with Crippen LogP contribution in [0.3, 0.4) is 0 Å². The van der Waals surface area contributed by atoms with Crippen molar-refractivity contribution in [3.05, 3.63) is 35.6 Å². The molecule has 1 heterocycles. The minimum atomic E-state index is -0.179. The normalized spacial score (nSPS) is 18.4. The molecule has 0 bridgehead atoms. The molecular formula is C19H30FN3O. The Hall–Kier alpha value is -1.62. The number of benzene rings is 1. The molecule has 2 rings (SSSR count). The van der Waals surface area contributed by atoms with Gasteiger partial charge in [0.1, 0.15) is 5.82 Å². The number of hydrogen-bond donors (Lipinski definition) is 1. The van der Waals surface area contributed by atoms with Gasteiger partial charge in [-0.15, -0.1) is 0 Å². The first-order chi connectivity index (χ1) is 11.6. The minimum absolute atomic E-state index is 0.0280. The summed E-state index contributed by atoms with van der Waals surface area (Å²) in [5, 5.41) is 2.93. The van der Waals surface area contributed by atoms with Crippen molar-refractivity contribution in [1.82, 2.24) is 15.1 Å². The van der Waals surface area contributed by atoms with Crippen molar-refractivity contribution in [1.29, 1.82) is 0 Å². The number of piperidine rings is 1. The zero-order valence-electron chi connectivity index (χ0n) is 14.9. The van der Waals surface area contributed by atoms with Crippen molar-refractivity contribution in [3.63, 3.8) is 0 Å². The first-order valence-electron chi connectivity index (χ1n) is 9.04. The van der Waals surface area contributed by atoms with Crippen LogP contribution in [0.5, 0.6) is 0 Å². The molecule has 0 spiro atoms. The van der Waals surface area contributed by atoms with Gasteiger partial charge in [0.15, 0.2) is 0 Å². The molecule has 1 aliphatic heterocycles. The van der Waals surface area contributed by atoms with Crippen molar-refractivity contribution < 1.29 is 9.18 Å². The number of likely N-dealkylation sites (tertiary alicyclic amines) is 1. The van der Waals surface area contributed by atoms with Gasteiger partial charge in [0, 0.05) is 33.2 Å². The van der Waals surface area contributed by atoms with Crippen molar-refractivity contribution in [3.8, 4) is 0 Å². The molecule has 0 unspecified atom stereocenters. The van der Waals surface area contributed by atoms with Gasteiger partial charge in [-0.25, -0.2) is 9.18 Å². The highest BCUT2D eigenvalue weighted by molar-refractivity contribution is 5.73. The minimum Gasteiger partial charge on any atom is -0.338 e. The van der Waals surface area contributed by atoms with Gasteiger partial charge in [-0.3, -0.25) is 0 Å². The largest absolute Gasteiger partial charge is 0.338 e. The van der Waals surface area contributed by atoms with Gasteiger partial charge in [-0.05, 0) is 55.8 Å². The van der Waals surface area contributed by atoms with Crippen LogP contribution in [0.15, 0.2) is 24.3 Å². The fourth-order valence-corrected chi connectivity index (χ4v) is 3.28. The van der Waals surface area contributed by atoms with E-state index in [1.54, 1.807) is 0 Å². The Kier molecular flexibility index (Phi) is 7.50. The Morgan fingerprint density at radius 1 is 1.38 bits per heavy atom. The molecule has 1 aromatic carbocycles. The number of nitrogens with zero attached hydrogens (tertiary/aromatic N) is 2. The van der Waals surface area contributed by atoms with Crippen molar-refractivity contribution in [2.45, 2.75) is 32.6 Å². The molecule has 1 saturated heterocycles. The molecule has 0 saturated carbocycles. The zero-order valence-corrected chi connectivity index (χ0v) is 14.9. The summed E-state index contributed by atoms with van der Waals surface area (Å²) in [6.07, 6.45) is 4.26. The topological polar surface area (TPSA) is 35.6 Å². The number of carbonyl (C=O) groups excluding carboxylic acids is 1. The van der Waals surface area contributed by atoms with E-state index in [0.29, 0.717) is 5.92 Å². The fraction of sp³-hybridized carbons (Fsp3) is 0.632. The molecule has 24 heavy (non-hydrogen) atoms. The highest BCUT2D eigenvalue weighted by atomic mass is 19.1. The third kappa shape index (κ3) is 6.11. The Morgan fingerprint density at radius 2 is 2.12 bits per heavy atom. The second kappa shape index (κ2) is 9.62. The SMILES string of the molecule is CCCNC(=O)N(C)C[C@@H]1CCCN(CCc2ccc(F)cc2)C1. The number of amides is 2. The van der Waals surface area contributed by atoms with E-state index in [1.165, 1.54) is 30.5 Å². The highest BCUT2D eigenvalue weighted by Crippen LogP contribution is 2.18. The number of halogens is 1. The number of hydrogen-bond acceptors (Lipinski definition) is 2. The van der Waals surface area contributed by atoms with E-state index in [4.69, 9.17) is 0 Å². The van der Waals surface area contributed by atoms with Crippen molar-refractivity contribution in [2.75, 3.05) is 39.8 Å². The zero-order chi connectivity index (χ0) is 17.4. The van der Waals surface area contributed by atoms with Gasteiger partial charge in [0.2, 0.25) is 0 Å². The van der Waals surface area contributed by atoms with E-state index in [1.807, 2.05) is 24.1 Å². The molecule has 0 aliphatic carbocycles. The second-order valence-corrected chi connectivity index (χ2v) is 6.80. The van der Waals surface area contributed by atoms with E-state index in [2.05, 4.69) is 17.1 Å². The molecule has 134 valence electrons. The molecule has 1 aromatic rings. The molecule has 1 N–H and O–H groups in total. The van der Waals surface area contributed by atoms with Crippen LogP contribution in [-0.4, -0.2) is 55.6 Å². The van der Waals surface area contributed by atoms with Crippen LogP contribution in [0.25, 0.3) is 0 Å². The lowest BCUT2D eigenvalue weighted by Crippen LogP contribution is -2.45. The van der Waals surface area contributed by atoms with Crippen LogP contribution in [0.2, 0.25) is 0 Å². The number of rotatable bonds is 7. The van der Waals surface area contributed by atoms with Gasteiger partial charge in [0.05, 0.1) is 0 Å². The Bertz CT molecular complexity index is 506. The smallest absolute Gasteiger partial charge is 0.317 e. The van der Waals surface area contributed by atoms with Gasteiger partial charge in [-0.2, -0.15) is 0 Å².